The van der Waals surface area contributed by atoms with Gasteiger partial charge in [-0.15, -0.1) is 0 Å². The molecule has 0 N–H and O–H groups in total. The minimum absolute atomic E-state index is 0.115. The van der Waals surface area contributed by atoms with E-state index in [1.165, 1.54) is 24.2 Å². The van der Waals surface area contributed by atoms with E-state index in [1.807, 2.05) is 0 Å². The molecule has 0 atom stereocenters. The first kappa shape index (κ1) is 6.84. The van der Waals surface area contributed by atoms with Crippen molar-refractivity contribution in [2.24, 2.45) is 0 Å². The SMILES string of the molecule is C[Si]1CC[Si](Cl)CC1. The second-order valence-electron chi connectivity index (χ2n) is 2.47. The van der Waals surface area contributed by atoms with Crippen molar-refractivity contribution in [1.29, 1.82) is 0 Å². The Labute approximate surface area is 59.2 Å². The lowest BCUT2D eigenvalue weighted by Gasteiger charge is -2.17. The average molecular weight is 163 g/mol. The summed E-state index contributed by atoms with van der Waals surface area (Å²) in [5, 5.41) is 0. The smallest absolute Gasteiger partial charge is 0.164 e. The Kier molecular flexibility index (Phi) is 2.60. The third kappa shape index (κ3) is 1.92. The third-order valence-electron chi connectivity index (χ3n) is 1.65. The fourth-order valence-corrected chi connectivity index (χ4v) is 8.73. The third-order valence-corrected chi connectivity index (χ3v) is 7.57. The van der Waals surface area contributed by atoms with E-state index in [0.29, 0.717) is 0 Å². The predicted octanol–water partition coefficient (Wildman–Crippen LogP) is 2.35. The van der Waals surface area contributed by atoms with Crippen LogP contribution in [0.15, 0.2) is 0 Å². The van der Waals surface area contributed by atoms with Crippen LogP contribution < -0.4 is 0 Å². The Morgan fingerprint density at radius 3 is 2.00 bits per heavy atom. The van der Waals surface area contributed by atoms with Crippen LogP contribution in [0.25, 0.3) is 0 Å². The molecule has 0 spiro atoms. The van der Waals surface area contributed by atoms with Crippen LogP contribution in [0.3, 0.4) is 0 Å². The first-order valence-electron chi connectivity index (χ1n) is 3.10. The Morgan fingerprint density at radius 1 is 1.12 bits per heavy atom. The van der Waals surface area contributed by atoms with Gasteiger partial charge in [0.15, 0.2) is 8.11 Å². The van der Waals surface area contributed by atoms with Gasteiger partial charge in [0.2, 0.25) is 0 Å². The van der Waals surface area contributed by atoms with E-state index in [9.17, 15) is 0 Å². The van der Waals surface area contributed by atoms with Gasteiger partial charge in [-0.05, 0) is 12.1 Å². The van der Waals surface area contributed by atoms with Gasteiger partial charge in [-0.25, -0.2) is 0 Å². The van der Waals surface area contributed by atoms with Crippen LogP contribution in [0, 0.1) is 0 Å². The van der Waals surface area contributed by atoms with Gasteiger partial charge < -0.3 is 0 Å². The zero-order valence-corrected chi connectivity index (χ0v) is 7.96. The molecule has 1 heterocycles. The fourth-order valence-electron chi connectivity index (χ4n) is 0.948. The van der Waals surface area contributed by atoms with Crippen molar-refractivity contribution in [3.8, 4) is 0 Å². The molecule has 0 aromatic heterocycles. The highest BCUT2D eigenvalue weighted by molar-refractivity contribution is 7.08. The molecule has 1 fully saturated rings. The van der Waals surface area contributed by atoms with Crippen molar-refractivity contribution in [1.82, 2.24) is 0 Å². The van der Waals surface area contributed by atoms with E-state index in [-0.39, 0.29) is 16.9 Å². The van der Waals surface area contributed by atoms with E-state index in [1.54, 1.807) is 0 Å². The molecule has 1 aliphatic heterocycles. The van der Waals surface area contributed by atoms with E-state index in [2.05, 4.69) is 6.55 Å². The van der Waals surface area contributed by atoms with Gasteiger partial charge in [0.25, 0.3) is 0 Å². The summed E-state index contributed by atoms with van der Waals surface area (Å²) in [6.45, 7) is 2.43. The summed E-state index contributed by atoms with van der Waals surface area (Å²) in [5.74, 6) is 0. The lowest BCUT2D eigenvalue weighted by Crippen LogP contribution is -2.19. The molecule has 0 unspecified atom stereocenters. The van der Waals surface area contributed by atoms with Crippen LogP contribution in [0.4, 0.5) is 0 Å². The quantitative estimate of drug-likeness (QED) is 0.379. The van der Waals surface area contributed by atoms with Gasteiger partial charge >= 0.3 is 0 Å². The van der Waals surface area contributed by atoms with Crippen LogP contribution >= 0.6 is 11.1 Å². The van der Waals surface area contributed by atoms with Gasteiger partial charge in [-0.3, -0.25) is 0 Å². The molecular formula is C5H11ClSi2. The lowest BCUT2D eigenvalue weighted by atomic mass is 10.9. The molecular weight excluding hydrogens is 152 g/mol. The maximum absolute atomic E-state index is 6.00. The summed E-state index contributed by atoms with van der Waals surface area (Å²) >= 11 is 6.00. The van der Waals surface area contributed by atoms with Crippen molar-refractivity contribution < 1.29 is 0 Å². The van der Waals surface area contributed by atoms with E-state index in [0.717, 1.165) is 0 Å². The minimum Gasteiger partial charge on any atom is -0.169 e. The van der Waals surface area contributed by atoms with Gasteiger partial charge in [-0.2, -0.15) is 11.1 Å². The molecule has 1 rings (SSSR count). The molecule has 0 aromatic rings. The highest BCUT2D eigenvalue weighted by Crippen LogP contribution is 2.22. The van der Waals surface area contributed by atoms with Crippen molar-refractivity contribution in [2.45, 2.75) is 30.7 Å². The van der Waals surface area contributed by atoms with Crippen LogP contribution in [0.2, 0.25) is 30.7 Å². The molecule has 3 heteroatoms. The second-order valence-corrected chi connectivity index (χ2v) is 9.03. The molecule has 8 heavy (non-hydrogen) atoms. The molecule has 0 aromatic carbocycles. The summed E-state index contributed by atoms with van der Waals surface area (Å²) in [4.78, 5) is 0. The Hall–Kier alpha value is 0.724. The van der Waals surface area contributed by atoms with E-state index < -0.39 is 0 Å². The maximum atomic E-state index is 6.00. The van der Waals surface area contributed by atoms with Gasteiger partial charge in [0, 0.05) is 8.80 Å². The standard InChI is InChI=1S/C5H11ClSi2/c1-7-2-4-8(6)5-3-7/h2-5H2,1H3. The number of halogens is 1. The van der Waals surface area contributed by atoms with Crippen LogP contribution in [-0.4, -0.2) is 16.9 Å². The Morgan fingerprint density at radius 2 is 1.62 bits per heavy atom. The largest absolute Gasteiger partial charge is 0.169 e. The molecule has 1 aliphatic rings. The Bertz CT molecular complexity index is 58.8. The highest BCUT2D eigenvalue weighted by atomic mass is 35.6. The van der Waals surface area contributed by atoms with Crippen LogP contribution in [0.1, 0.15) is 0 Å². The van der Waals surface area contributed by atoms with Crippen molar-refractivity contribution in [3.05, 3.63) is 0 Å². The first-order valence-corrected chi connectivity index (χ1v) is 8.44. The normalized spacial score (nSPS) is 26.2. The minimum atomic E-state index is -0.328. The number of hydrogen-bond donors (Lipinski definition) is 0. The van der Waals surface area contributed by atoms with Crippen LogP contribution in [0.5, 0.6) is 0 Å². The molecule has 46 valence electrons. The second kappa shape index (κ2) is 3.04. The summed E-state index contributed by atoms with van der Waals surface area (Å²) in [6.07, 6.45) is 0. The van der Waals surface area contributed by atoms with Gasteiger partial charge in [0.1, 0.15) is 0 Å². The van der Waals surface area contributed by atoms with Crippen molar-refractivity contribution in [3.63, 3.8) is 0 Å². The summed E-state index contributed by atoms with van der Waals surface area (Å²) in [6, 6.07) is 5.75. The molecule has 0 bridgehead atoms. The lowest BCUT2D eigenvalue weighted by molar-refractivity contribution is 1.20. The van der Waals surface area contributed by atoms with Crippen molar-refractivity contribution >= 4 is 28.0 Å². The Balaban J connectivity index is 2.19. The van der Waals surface area contributed by atoms with Crippen molar-refractivity contribution in [2.75, 3.05) is 0 Å². The number of hydrogen-bond acceptors (Lipinski definition) is 0. The summed E-state index contributed by atoms with van der Waals surface area (Å²) in [5.41, 5.74) is 0. The first-order chi connectivity index (χ1) is 3.79. The zero-order chi connectivity index (χ0) is 5.98. The summed E-state index contributed by atoms with van der Waals surface area (Å²) in [7, 11) is -0.213. The summed E-state index contributed by atoms with van der Waals surface area (Å²) < 4.78 is 0. The maximum Gasteiger partial charge on any atom is 0.164 e. The molecule has 2 radical (unpaired) electrons. The van der Waals surface area contributed by atoms with E-state index in [4.69, 9.17) is 11.1 Å². The average Bonchev–Trinajstić information content (AvgIpc) is 1.77. The zero-order valence-electron chi connectivity index (χ0n) is 5.21. The fraction of sp³-hybridized carbons (Fsp3) is 1.00. The number of rotatable bonds is 0. The van der Waals surface area contributed by atoms with Gasteiger partial charge in [-0.1, -0.05) is 18.6 Å². The monoisotopic (exact) mass is 162 g/mol. The topological polar surface area (TPSA) is 0 Å². The van der Waals surface area contributed by atoms with Crippen LogP contribution in [-0.2, 0) is 0 Å². The van der Waals surface area contributed by atoms with E-state index >= 15 is 0 Å². The molecule has 0 nitrogen and oxygen atoms in total. The molecule has 0 saturated carbocycles. The predicted molar refractivity (Wildman–Crippen MR) is 42.5 cm³/mol. The molecule has 0 amide bonds. The highest BCUT2D eigenvalue weighted by Gasteiger charge is 2.18. The molecule has 0 aliphatic carbocycles. The van der Waals surface area contributed by atoms with Gasteiger partial charge in [0.05, 0.1) is 0 Å². The molecule has 1 saturated heterocycles.